The molecular formula is C10H17NO. The molecule has 0 aromatic heterocycles. The Balaban J connectivity index is 2.78. The van der Waals surface area contributed by atoms with E-state index in [0.717, 1.165) is 12.0 Å². The Bertz CT molecular complexity index is 228. The average molecular weight is 167 g/mol. The first-order chi connectivity index (χ1) is 5.52. The van der Waals surface area contributed by atoms with E-state index in [2.05, 4.69) is 19.2 Å². The SMILES string of the molecule is CC1=C(C)C(=O)NC(C(C)C)C1. The van der Waals surface area contributed by atoms with Gasteiger partial charge in [-0.25, -0.2) is 0 Å². The second-order valence-electron chi connectivity index (χ2n) is 3.93. The molecule has 1 heterocycles. The Morgan fingerprint density at radius 2 is 2.00 bits per heavy atom. The van der Waals surface area contributed by atoms with E-state index in [4.69, 9.17) is 0 Å². The number of hydrogen-bond donors (Lipinski definition) is 1. The molecule has 1 unspecified atom stereocenters. The molecule has 1 amide bonds. The van der Waals surface area contributed by atoms with Gasteiger partial charge in [-0.1, -0.05) is 19.4 Å². The normalized spacial score (nSPS) is 24.8. The van der Waals surface area contributed by atoms with Crippen molar-refractivity contribution in [2.75, 3.05) is 0 Å². The van der Waals surface area contributed by atoms with Gasteiger partial charge in [0, 0.05) is 11.6 Å². The predicted octanol–water partition coefficient (Wildman–Crippen LogP) is 1.87. The molecule has 0 radical (unpaired) electrons. The topological polar surface area (TPSA) is 29.1 Å². The van der Waals surface area contributed by atoms with Crippen molar-refractivity contribution in [1.29, 1.82) is 0 Å². The third-order valence-corrected chi connectivity index (χ3v) is 2.63. The van der Waals surface area contributed by atoms with E-state index in [9.17, 15) is 4.79 Å². The summed E-state index contributed by atoms with van der Waals surface area (Å²) < 4.78 is 0. The molecule has 2 nitrogen and oxygen atoms in total. The van der Waals surface area contributed by atoms with Crippen LogP contribution in [0.3, 0.4) is 0 Å². The quantitative estimate of drug-likeness (QED) is 0.634. The van der Waals surface area contributed by atoms with Crippen molar-refractivity contribution >= 4 is 5.91 Å². The number of hydrogen-bond acceptors (Lipinski definition) is 1. The maximum atomic E-state index is 11.4. The van der Waals surface area contributed by atoms with Crippen LogP contribution in [-0.2, 0) is 4.79 Å². The van der Waals surface area contributed by atoms with E-state index < -0.39 is 0 Å². The van der Waals surface area contributed by atoms with Crippen LogP contribution in [0.2, 0.25) is 0 Å². The van der Waals surface area contributed by atoms with Gasteiger partial charge in [-0.3, -0.25) is 4.79 Å². The first kappa shape index (κ1) is 9.30. The Labute approximate surface area is 74.0 Å². The summed E-state index contributed by atoms with van der Waals surface area (Å²) in [6.45, 7) is 8.21. The first-order valence-corrected chi connectivity index (χ1v) is 4.49. The summed E-state index contributed by atoms with van der Waals surface area (Å²) in [5.74, 6) is 0.634. The second-order valence-corrected chi connectivity index (χ2v) is 3.93. The third-order valence-electron chi connectivity index (χ3n) is 2.63. The molecule has 1 rings (SSSR count). The Morgan fingerprint density at radius 1 is 1.42 bits per heavy atom. The number of amides is 1. The van der Waals surface area contributed by atoms with E-state index in [-0.39, 0.29) is 5.91 Å². The van der Waals surface area contributed by atoms with Crippen molar-refractivity contribution in [2.24, 2.45) is 5.92 Å². The standard InChI is InChI=1S/C10H17NO/c1-6(2)9-5-7(3)8(4)10(12)11-9/h6,9H,5H2,1-4H3,(H,11,12). The van der Waals surface area contributed by atoms with E-state index in [1.807, 2.05) is 13.8 Å². The number of nitrogens with one attached hydrogen (secondary N) is 1. The minimum absolute atomic E-state index is 0.109. The van der Waals surface area contributed by atoms with Crippen molar-refractivity contribution in [3.8, 4) is 0 Å². The lowest BCUT2D eigenvalue weighted by atomic mass is 9.91. The molecule has 1 aliphatic heterocycles. The highest BCUT2D eigenvalue weighted by atomic mass is 16.1. The Hall–Kier alpha value is -0.790. The molecule has 0 bridgehead atoms. The largest absolute Gasteiger partial charge is 0.349 e. The van der Waals surface area contributed by atoms with Crippen LogP contribution in [0.4, 0.5) is 0 Å². The molecule has 0 saturated heterocycles. The molecule has 0 aromatic rings. The van der Waals surface area contributed by atoms with Gasteiger partial charge in [-0.15, -0.1) is 0 Å². The summed E-state index contributed by atoms with van der Waals surface area (Å²) in [6.07, 6.45) is 1.01. The highest BCUT2D eigenvalue weighted by Crippen LogP contribution is 2.20. The Kier molecular flexibility index (Phi) is 2.55. The van der Waals surface area contributed by atoms with Crippen molar-refractivity contribution in [2.45, 2.75) is 40.2 Å². The van der Waals surface area contributed by atoms with Gasteiger partial charge in [0.1, 0.15) is 0 Å². The van der Waals surface area contributed by atoms with Crippen LogP contribution in [0.15, 0.2) is 11.1 Å². The molecule has 0 aromatic carbocycles. The highest BCUT2D eigenvalue weighted by molar-refractivity contribution is 5.94. The van der Waals surface area contributed by atoms with E-state index in [1.165, 1.54) is 5.57 Å². The zero-order valence-corrected chi connectivity index (χ0v) is 8.27. The van der Waals surface area contributed by atoms with Crippen LogP contribution < -0.4 is 5.32 Å². The number of rotatable bonds is 1. The predicted molar refractivity (Wildman–Crippen MR) is 49.8 cm³/mol. The summed E-state index contributed by atoms with van der Waals surface area (Å²) in [5.41, 5.74) is 2.13. The summed E-state index contributed by atoms with van der Waals surface area (Å²) in [7, 11) is 0. The van der Waals surface area contributed by atoms with E-state index in [0.29, 0.717) is 12.0 Å². The molecule has 68 valence electrons. The van der Waals surface area contributed by atoms with Crippen molar-refractivity contribution < 1.29 is 4.79 Å². The van der Waals surface area contributed by atoms with Crippen LogP contribution in [0.5, 0.6) is 0 Å². The van der Waals surface area contributed by atoms with Crippen molar-refractivity contribution in [3.63, 3.8) is 0 Å². The van der Waals surface area contributed by atoms with E-state index >= 15 is 0 Å². The van der Waals surface area contributed by atoms with Gasteiger partial charge in [0.15, 0.2) is 0 Å². The Morgan fingerprint density at radius 3 is 2.42 bits per heavy atom. The lowest BCUT2D eigenvalue weighted by Gasteiger charge is -2.28. The lowest BCUT2D eigenvalue weighted by molar-refractivity contribution is -0.119. The lowest BCUT2D eigenvalue weighted by Crippen LogP contribution is -2.42. The van der Waals surface area contributed by atoms with Gasteiger partial charge in [0.2, 0.25) is 5.91 Å². The molecule has 0 fully saturated rings. The van der Waals surface area contributed by atoms with Gasteiger partial charge in [0.25, 0.3) is 0 Å². The van der Waals surface area contributed by atoms with Crippen LogP contribution in [0, 0.1) is 5.92 Å². The molecule has 0 aliphatic carbocycles. The fourth-order valence-corrected chi connectivity index (χ4v) is 1.41. The molecule has 1 N–H and O–H groups in total. The second kappa shape index (κ2) is 3.30. The van der Waals surface area contributed by atoms with Crippen molar-refractivity contribution in [3.05, 3.63) is 11.1 Å². The molecule has 2 heteroatoms. The van der Waals surface area contributed by atoms with Gasteiger partial charge in [-0.05, 0) is 26.2 Å². The van der Waals surface area contributed by atoms with Gasteiger partial charge >= 0.3 is 0 Å². The van der Waals surface area contributed by atoms with Crippen LogP contribution in [-0.4, -0.2) is 11.9 Å². The molecule has 0 spiro atoms. The summed E-state index contributed by atoms with van der Waals surface area (Å²) in [5, 5.41) is 3.00. The fourth-order valence-electron chi connectivity index (χ4n) is 1.41. The van der Waals surface area contributed by atoms with E-state index in [1.54, 1.807) is 0 Å². The molecule has 1 aliphatic rings. The maximum Gasteiger partial charge on any atom is 0.247 e. The monoisotopic (exact) mass is 167 g/mol. The van der Waals surface area contributed by atoms with Crippen molar-refractivity contribution in [1.82, 2.24) is 5.32 Å². The first-order valence-electron chi connectivity index (χ1n) is 4.49. The number of carbonyl (C=O) groups excluding carboxylic acids is 1. The van der Waals surface area contributed by atoms with Crippen LogP contribution in [0.25, 0.3) is 0 Å². The smallest absolute Gasteiger partial charge is 0.247 e. The number of carbonyl (C=O) groups is 1. The minimum Gasteiger partial charge on any atom is -0.349 e. The fraction of sp³-hybridized carbons (Fsp3) is 0.700. The summed E-state index contributed by atoms with van der Waals surface area (Å²) in [6, 6.07) is 0.334. The average Bonchev–Trinajstić information content (AvgIpc) is 1.99. The molecule has 0 saturated carbocycles. The minimum atomic E-state index is 0.109. The van der Waals surface area contributed by atoms with Crippen LogP contribution in [0.1, 0.15) is 34.1 Å². The maximum absolute atomic E-state index is 11.4. The molecule has 12 heavy (non-hydrogen) atoms. The summed E-state index contributed by atoms with van der Waals surface area (Å²) >= 11 is 0. The summed E-state index contributed by atoms with van der Waals surface area (Å²) in [4.78, 5) is 11.4. The molecule has 1 atom stereocenters. The van der Waals surface area contributed by atoms with Gasteiger partial charge < -0.3 is 5.32 Å². The van der Waals surface area contributed by atoms with Crippen LogP contribution >= 0.6 is 0 Å². The highest BCUT2D eigenvalue weighted by Gasteiger charge is 2.23. The van der Waals surface area contributed by atoms with Gasteiger partial charge in [0.05, 0.1) is 0 Å². The zero-order chi connectivity index (χ0) is 9.30. The molecular weight excluding hydrogens is 150 g/mol. The third kappa shape index (κ3) is 1.68. The van der Waals surface area contributed by atoms with Gasteiger partial charge in [-0.2, -0.15) is 0 Å². The zero-order valence-electron chi connectivity index (χ0n) is 8.27.